The van der Waals surface area contributed by atoms with Gasteiger partial charge in [0, 0.05) is 12.1 Å². The summed E-state index contributed by atoms with van der Waals surface area (Å²) in [6.45, 7) is 7.32. The average molecular weight is 899 g/mol. The van der Waals surface area contributed by atoms with Crippen LogP contribution >= 0.6 is 0 Å². The number of hydrogen-bond acceptors (Lipinski definition) is 5. The van der Waals surface area contributed by atoms with Crippen molar-refractivity contribution < 1.29 is 42.3 Å². The quantitative estimate of drug-likeness (QED) is 0.0313. The molecule has 0 atom stereocenters. The van der Waals surface area contributed by atoms with E-state index in [1.165, 1.54) is 110 Å². The minimum atomic E-state index is 0.0413. The SMILES string of the molecule is C[N+](C)(C)CCCCCCCCOc1cc(/C=C/c2cc(OCCCCCCCC[N+](C)(C)C)cc(OCCCCCCC[N+](C)(C)O)c2)cc(OCCCCCCC[N+](C)(C)C)c1. The van der Waals surface area contributed by atoms with Crippen LogP contribution in [0.1, 0.15) is 152 Å². The predicted molar refractivity (Wildman–Crippen MR) is 273 cm³/mol. The number of ether oxygens (including phenoxy) is 4. The lowest BCUT2D eigenvalue weighted by atomic mass is 10.1. The first-order chi connectivity index (χ1) is 30.3. The van der Waals surface area contributed by atoms with Crippen molar-refractivity contribution >= 4 is 12.2 Å². The molecule has 2 rings (SSSR count). The normalized spacial score (nSPS) is 12.6. The highest BCUT2D eigenvalue weighted by molar-refractivity contribution is 5.72. The topological polar surface area (TPSA) is 57.2 Å². The molecular formula is C55H102N4O5+4. The Kier molecular flexibility index (Phi) is 28.6. The molecule has 0 radical (unpaired) electrons. The third-order valence-electron chi connectivity index (χ3n) is 11.6. The Morgan fingerprint density at radius 2 is 0.531 bits per heavy atom. The Labute approximate surface area is 395 Å². The summed E-state index contributed by atoms with van der Waals surface area (Å²) in [5, 5.41) is 9.96. The molecule has 0 saturated heterocycles. The molecule has 368 valence electrons. The van der Waals surface area contributed by atoms with Crippen molar-refractivity contribution in [2.75, 3.05) is 130 Å². The number of nitrogens with zero attached hydrogens (tertiary/aromatic N) is 4. The lowest BCUT2D eigenvalue weighted by Gasteiger charge is -2.23. The average Bonchev–Trinajstić information content (AvgIpc) is 3.19. The summed E-state index contributed by atoms with van der Waals surface area (Å²) in [5.41, 5.74) is 2.11. The molecule has 0 fully saturated rings. The Morgan fingerprint density at radius 1 is 0.312 bits per heavy atom. The summed E-state index contributed by atoms with van der Waals surface area (Å²) in [4.78, 5) is 0. The van der Waals surface area contributed by atoms with Crippen LogP contribution in [0, 0.1) is 0 Å². The van der Waals surface area contributed by atoms with E-state index in [4.69, 9.17) is 18.9 Å². The molecule has 0 saturated carbocycles. The van der Waals surface area contributed by atoms with E-state index in [-0.39, 0.29) is 4.65 Å². The highest BCUT2D eigenvalue weighted by Gasteiger charge is 2.11. The number of benzene rings is 2. The molecule has 0 aromatic heterocycles. The van der Waals surface area contributed by atoms with Crippen molar-refractivity contribution in [3.8, 4) is 23.0 Å². The first-order valence-corrected chi connectivity index (χ1v) is 25.7. The van der Waals surface area contributed by atoms with Crippen LogP contribution in [0.5, 0.6) is 23.0 Å². The number of hydrogen-bond donors (Lipinski definition) is 1. The van der Waals surface area contributed by atoms with Gasteiger partial charge in [0.05, 0.1) is 124 Å². The van der Waals surface area contributed by atoms with Crippen LogP contribution in [0.2, 0.25) is 0 Å². The van der Waals surface area contributed by atoms with Crippen LogP contribution in [0.4, 0.5) is 0 Å². The molecule has 0 spiro atoms. The Hall–Kier alpha value is -2.82. The van der Waals surface area contributed by atoms with Gasteiger partial charge < -0.3 is 32.4 Å². The van der Waals surface area contributed by atoms with Crippen LogP contribution in [0.15, 0.2) is 36.4 Å². The van der Waals surface area contributed by atoms with Crippen LogP contribution in [-0.2, 0) is 0 Å². The minimum Gasteiger partial charge on any atom is -0.493 e. The molecule has 0 aliphatic carbocycles. The van der Waals surface area contributed by atoms with Crippen molar-refractivity contribution in [3.63, 3.8) is 0 Å². The third kappa shape index (κ3) is 34.5. The molecular weight excluding hydrogens is 797 g/mol. The van der Waals surface area contributed by atoms with Gasteiger partial charge in [-0.05, 0) is 112 Å². The fraction of sp³-hybridized carbons (Fsp3) is 0.745. The molecule has 2 aromatic carbocycles. The molecule has 2 aromatic rings. The number of hydroxylamine groups is 3. The summed E-state index contributed by atoms with van der Waals surface area (Å²) >= 11 is 0. The van der Waals surface area contributed by atoms with Gasteiger partial charge in [-0.3, -0.25) is 0 Å². The van der Waals surface area contributed by atoms with Crippen LogP contribution in [0.25, 0.3) is 12.2 Å². The fourth-order valence-electron chi connectivity index (χ4n) is 7.81. The third-order valence-corrected chi connectivity index (χ3v) is 11.6. The fourth-order valence-corrected chi connectivity index (χ4v) is 7.81. The maximum atomic E-state index is 9.96. The lowest BCUT2D eigenvalue weighted by molar-refractivity contribution is -1.07. The summed E-state index contributed by atoms with van der Waals surface area (Å²) in [6.07, 6.45) is 30.7. The van der Waals surface area contributed by atoms with Crippen molar-refractivity contribution in [1.82, 2.24) is 0 Å². The second kappa shape index (κ2) is 32.0. The Bertz CT molecular complexity index is 1390. The first kappa shape index (κ1) is 57.3. The molecule has 0 bridgehead atoms. The van der Waals surface area contributed by atoms with Gasteiger partial charge in [0.15, 0.2) is 0 Å². The van der Waals surface area contributed by atoms with E-state index in [0.29, 0.717) is 19.8 Å². The first-order valence-electron chi connectivity index (χ1n) is 25.7. The maximum absolute atomic E-state index is 9.96. The van der Waals surface area contributed by atoms with Gasteiger partial charge in [0.1, 0.15) is 29.5 Å². The monoisotopic (exact) mass is 899 g/mol. The zero-order valence-electron chi connectivity index (χ0n) is 43.7. The van der Waals surface area contributed by atoms with E-state index in [0.717, 1.165) is 112 Å². The molecule has 0 aliphatic rings. The summed E-state index contributed by atoms with van der Waals surface area (Å²) in [5.74, 6) is 3.44. The number of unbranched alkanes of at least 4 members (excludes halogenated alkanes) is 18. The largest absolute Gasteiger partial charge is 0.493 e. The maximum Gasteiger partial charge on any atom is 0.123 e. The van der Waals surface area contributed by atoms with Crippen molar-refractivity contribution in [3.05, 3.63) is 47.5 Å². The van der Waals surface area contributed by atoms with Crippen molar-refractivity contribution in [2.24, 2.45) is 0 Å². The zero-order valence-corrected chi connectivity index (χ0v) is 43.7. The molecule has 0 aliphatic heterocycles. The molecule has 0 unspecified atom stereocenters. The van der Waals surface area contributed by atoms with Crippen LogP contribution in [-0.4, -0.2) is 153 Å². The molecule has 64 heavy (non-hydrogen) atoms. The van der Waals surface area contributed by atoms with E-state index < -0.39 is 0 Å². The molecule has 0 amide bonds. The second-order valence-electron chi connectivity index (χ2n) is 22.4. The predicted octanol–water partition coefficient (Wildman–Crippen LogP) is 12.5. The van der Waals surface area contributed by atoms with Crippen LogP contribution < -0.4 is 18.9 Å². The van der Waals surface area contributed by atoms with Gasteiger partial charge in [-0.2, -0.15) is 4.65 Å². The van der Waals surface area contributed by atoms with Crippen molar-refractivity contribution in [2.45, 2.75) is 141 Å². The second-order valence-corrected chi connectivity index (χ2v) is 22.4. The van der Waals surface area contributed by atoms with Gasteiger partial charge in [-0.1, -0.05) is 76.4 Å². The highest BCUT2D eigenvalue weighted by atomic mass is 16.5. The van der Waals surface area contributed by atoms with E-state index in [1.54, 1.807) is 0 Å². The number of rotatable bonds is 40. The van der Waals surface area contributed by atoms with Gasteiger partial charge in [0.25, 0.3) is 0 Å². The standard InChI is InChI=1S/C55H102N4O5/c1-56(2,3)36-26-18-12-14-22-30-40-61-52-44-50(46-54(48-52)63-42-32-24-16-20-28-38-58(7,8)9)34-35-51-45-53(62-41-31-23-15-13-19-27-37-57(4,5)6)49-55(47-51)64-43-33-25-17-21-29-39-59(10,11)60/h34-35,44-49,60H,12-33,36-43H2,1-11H3/q+4/b35-34+. The van der Waals surface area contributed by atoms with Crippen molar-refractivity contribution in [1.29, 1.82) is 0 Å². The Balaban J connectivity index is 2.08. The zero-order chi connectivity index (χ0) is 47.2. The lowest BCUT2D eigenvalue weighted by Crippen LogP contribution is -2.36. The summed E-state index contributed by atoms with van der Waals surface area (Å²) in [7, 11) is 24.1. The van der Waals surface area contributed by atoms with Gasteiger partial charge in [-0.25, -0.2) is 5.21 Å². The minimum absolute atomic E-state index is 0.0413. The summed E-state index contributed by atoms with van der Waals surface area (Å²) < 4.78 is 28.7. The van der Waals surface area contributed by atoms with Gasteiger partial charge in [0.2, 0.25) is 0 Å². The molecule has 9 heteroatoms. The molecule has 0 heterocycles. The molecule has 9 nitrogen and oxygen atoms in total. The Morgan fingerprint density at radius 3 is 0.766 bits per heavy atom. The van der Waals surface area contributed by atoms with E-state index in [1.807, 2.05) is 14.1 Å². The van der Waals surface area contributed by atoms with Gasteiger partial charge >= 0.3 is 0 Å². The summed E-state index contributed by atoms with van der Waals surface area (Å²) in [6, 6.07) is 12.7. The smallest absolute Gasteiger partial charge is 0.123 e. The highest BCUT2D eigenvalue weighted by Crippen LogP contribution is 2.28. The van der Waals surface area contributed by atoms with E-state index in [9.17, 15) is 5.21 Å². The number of quaternary nitrogens is 4. The molecule has 1 N–H and O–H groups in total. The van der Waals surface area contributed by atoms with E-state index >= 15 is 0 Å². The van der Waals surface area contributed by atoms with Crippen LogP contribution in [0.3, 0.4) is 0 Å². The van der Waals surface area contributed by atoms with E-state index in [2.05, 4.69) is 112 Å². The van der Waals surface area contributed by atoms with Gasteiger partial charge in [-0.15, -0.1) is 0 Å².